The fraction of sp³-hybridized carbons (Fsp3) is 0.375. The van der Waals surface area contributed by atoms with Gasteiger partial charge in [0.15, 0.2) is 11.7 Å². The largest absolute Gasteiger partial charge is 0.510 e. The Hall–Kier alpha value is -1.85. The Morgan fingerprint density at radius 3 is 2.21 bits per heavy atom. The van der Waals surface area contributed by atoms with Gasteiger partial charge < -0.3 is 14.6 Å². The van der Waals surface area contributed by atoms with Crippen molar-refractivity contribution in [2.45, 2.75) is 0 Å². The maximum Gasteiger partial charge on any atom is 0.345 e. The van der Waals surface area contributed by atoms with E-state index in [2.05, 4.69) is 9.47 Å². The summed E-state index contributed by atoms with van der Waals surface area (Å²) in [5.74, 6) is -4.57. The Kier molecular flexibility index (Phi) is 2.55. The SMILES string of the molecule is COC(=O)C1=C(O)C(C(=O)OC)C1=O. The first kappa shape index (κ1) is 10.2. The highest BCUT2D eigenvalue weighted by Gasteiger charge is 2.49. The van der Waals surface area contributed by atoms with Crippen LogP contribution in [0.1, 0.15) is 0 Å². The summed E-state index contributed by atoms with van der Waals surface area (Å²) in [6.45, 7) is 0. The lowest BCUT2D eigenvalue weighted by Gasteiger charge is -2.23. The maximum atomic E-state index is 11.2. The molecule has 0 spiro atoms. The summed E-state index contributed by atoms with van der Waals surface area (Å²) in [4.78, 5) is 32.9. The van der Waals surface area contributed by atoms with Crippen LogP contribution in [0, 0.1) is 5.92 Å². The van der Waals surface area contributed by atoms with Crippen LogP contribution in [-0.4, -0.2) is 37.0 Å². The average molecular weight is 200 g/mol. The van der Waals surface area contributed by atoms with E-state index in [0.717, 1.165) is 14.2 Å². The molecule has 6 nitrogen and oxygen atoms in total. The fourth-order valence-corrected chi connectivity index (χ4v) is 1.11. The highest BCUT2D eigenvalue weighted by atomic mass is 16.5. The molecule has 1 aliphatic carbocycles. The Morgan fingerprint density at radius 2 is 1.86 bits per heavy atom. The molecule has 0 aliphatic heterocycles. The van der Waals surface area contributed by atoms with Gasteiger partial charge in [-0.1, -0.05) is 0 Å². The van der Waals surface area contributed by atoms with Crippen LogP contribution >= 0.6 is 0 Å². The lowest BCUT2D eigenvalue weighted by atomic mass is 9.82. The van der Waals surface area contributed by atoms with Gasteiger partial charge in [-0.2, -0.15) is 0 Å². The Labute approximate surface area is 79.1 Å². The number of carbonyl (C=O) groups is 3. The zero-order chi connectivity index (χ0) is 10.9. The third kappa shape index (κ3) is 1.24. The van der Waals surface area contributed by atoms with Gasteiger partial charge in [0.25, 0.3) is 0 Å². The van der Waals surface area contributed by atoms with Gasteiger partial charge in [0.2, 0.25) is 0 Å². The van der Waals surface area contributed by atoms with Crippen molar-refractivity contribution < 1.29 is 29.0 Å². The van der Waals surface area contributed by atoms with E-state index in [1.54, 1.807) is 0 Å². The second kappa shape index (κ2) is 3.49. The van der Waals surface area contributed by atoms with Crippen LogP contribution in [0.5, 0.6) is 0 Å². The first-order chi connectivity index (χ1) is 6.54. The first-order valence-corrected chi connectivity index (χ1v) is 3.68. The molecule has 0 aromatic carbocycles. The van der Waals surface area contributed by atoms with Gasteiger partial charge in [-0.15, -0.1) is 0 Å². The van der Waals surface area contributed by atoms with E-state index in [-0.39, 0.29) is 0 Å². The number of hydrogen-bond acceptors (Lipinski definition) is 6. The number of methoxy groups -OCH3 is 2. The summed E-state index contributed by atoms with van der Waals surface area (Å²) in [7, 11) is 2.15. The van der Waals surface area contributed by atoms with Gasteiger partial charge in [0.05, 0.1) is 14.2 Å². The Balaban J connectivity index is 2.94. The van der Waals surface area contributed by atoms with Crippen molar-refractivity contribution in [3.63, 3.8) is 0 Å². The summed E-state index contributed by atoms with van der Waals surface area (Å²) >= 11 is 0. The number of ketones is 1. The monoisotopic (exact) mass is 200 g/mol. The number of hydrogen-bond donors (Lipinski definition) is 1. The van der Waals surface area contributed by atoms with Crippen LogP contribution in [0.3, 0.4) is 0 Å². The van der Waals surface area contributed by atoms with Gasteiger partial charge >= 0.3 is 11.9 Å². The molecule has 0 heterocycles. The average Bonchev–Trinajstić information content (AvgIpc) is 2.17. The van der Waals surface area contributed by atoms with E-state index in [0.29, 0.717) is 0 Å². The van der Waals surface area contributed by atoms with Crippen LogP contribution in [0.15, 0.2) is 11.3 Å². The van der Waals surface area contributed by atoms with Crippen LogP contribution in [0.4, 0.5) is 0 Å². The lowest BCUT2D eigenvalue weighted by Crippen LogP contribution is -2.41. The molecular formula is C8H8O6. The van der Waals surface area contributed by atoms with Gasteiger partial charge in [0.1, 0.15) is 11.3 Å². The van der Waals surface area contributed by atoms with Gasteiger partial charge in [-0.3, -0.25) is 9.59 Å². The summed E-state index contributed by atoms with van der Waals surface area (Å²) < 4.78 is 8.48. The number of esters is 2. The van der Waals surface area contributed by atoms with Crippen molar-refractivity contribution in [2.75, 3.05) is 14.2 Å². The molecule has 0 radical (unpaired) electrons. The smallest absolute Gasteiger partial charge is 0.345 e. The normalized spacial score (nSPS) is 20.1. The second-order valence-corrected chi connectivity index (χ2v) is 2.57. The molecule has 0 saturated heterocycles. The number of aliphatic hydroxyl groups excluding tert-OH is 1. The van der Waals surface area contributed by atoms with Gasteiger partial charge in [-0.25, -0.2) is 4.79 Å². The number of carbonyl (C=O) groups excluding carboxylic acids is 3. The molecule has 0 amide bonds. The maximum absolute atomic E-state index is 11.2. The van der Waals surface area contributed by atoms with Crippen molar-refractivity contribution in [3.8, 4) is 0 Å². The summed E-state index contributed by atoms with van der Waals surface area (Å²) in [6, 6.07) is 0. The van der Waals surface area contributed by atoms with Crippen LogP contribution in [0.25, 0.3) is 0 Å². The molecule has 0 bridgehead atoms. The van der Waals surface area contributed by atoms with E-state index in [9.17, 15) is 19.5 Å². The molecule has 0 fully saturated rings. The number of ether oxygens (including phenoxy) is 2. The minimum atomic E-state index is -1.37. The Morgan fingerprint density at radius 1 is 1.29 bits per heavy atom. The molecule has 1 rings (SSSR count). The van der Waals surface area contributed by atoms with Crippen molar-refractivity contribution in [2.24, 2.45) is 5.92 Å². The minimum absolute atomic E-state index is 0.483. The summed E-state index contributed by atoms with van der Waals surface area (Å²) in [5.41, 5.74) is -0.483. The molecule has 1 aliphatic rings. The predicted molar refractivity (Wildman–Crippen MR) is 42.2 cm³/mol. The molecule has 1 N–H and O–H groups in total. The van der Waals surface area contributed by atoms with E-state index in [1.165, 1.54) is 0 Å². The molecule has 76 valence electrons. The van der Waals surface area contributed by atoms with E-state index >= 15 is 0 Å². The molecule has 1 unspecified atom stereocenters. The lowest BCUT2D eigenvalue weighted by molar-refractivity contribution is -0.151. The van der Waals surface area contributed by atoms with Crippen LogP contribution in [0.2, 0.25) is 0 Å². The van der Waals surface area contributed by atoms with Gasteiger partial charge in [-0.05, 0) is 0 Å². The molecule has 0 saturated carbocycles. The van der Waals surface area contributed by atoms with E-state index < -0.39 is 35.0 Å². The third-order valence-corrected chi connectivity index (χ3v) is 1.86. The molecule has 0 aromatic rings. The third-order valence-electron chi connectivity index (χ3n) is 1.86. The van der Waals surface area contributed by atoms with E-state index in [4.69, 9.17) is 0 Å². The highest BCUT2D eigenvalue weighted by Crippen LogP contribution is 2.30. The Bertz CT molecular complexity index is 340. The topological polar surface area (TPSA) is 89.9 Å². The number of aliphatic hydroxyl groups is 1. The van der Waals surface area contributed by atoms with Crippen LogP contribution < -0.4 is 0 Å². The number of Topliss-reactive ketones (excluding diaryl/α,β-unsaturated/α-hetero) is 1. The molecule has 6 heteroatoms. The van der Waals surface area contributed by atoms with Crippen molar-refractivity contribution in [3.05, 3.63) is 11.3 Å². The van der Waals surface area contributed by atoms with Gasteiger partial charge in [0, 0.05) is 0 Å². The highest BCUT2D eigenvalue weighted by molar-refractivity contribution is 6.29. The molecular weight excluding hydrogens is 192 g/mol. The second-order valence-electron chi connectivity index (χ2n) is 2.57. The van der Waals surface area contributed by atoms with Crippen molar-refractivity contribution in [1.82, 2.24) is 0 Å². The summed E-state index contributed by atoms with van der Waals surface area (Å²) in [5, 5.41) is 9.20. The van der Waals surface area contributed by atoms with Crippen molar-refractivity contribution >= 4 is 17.7 Å². The van der Waals surface area contributed by atoms with E-state index in [1.807, 2.05) is 0 Å². The predicted octanol–water partition coefficient (Wildman–Crippen LogP) is -0.657. The summed E-state index contributed by atoms with van der Waals surface area (Å²) in [6.07, 6.45) is 0. The first-order valence-electron chi connectivity index (χ1n) is 3.68. The van der Waals surface area contributed by atoms with Crippen molar-refractivity contribution in [1.29, 1.82) is 0 Å². The van der Waals surface area contributed by atoms with Crippen LogP contribution in [-0.2, 0) is 23.9 Å². The quantitative estimate of drug-likeness (QED) is 0.361. The fourth-order valence-electron chi connectivity index (χ4n) is 1.11. The standard InChI is InChI=1S/C8H8O6/c1-13-7(11)3-5(9)4(6(3)10)8(12)14-2/h3,9H,1-2H3. The zero-order valence-electron chi connectivity index (χ0n) is 7.57. The molecule has 0 aromatic heterocycles. The molecule has 1 atom stereocenters. The molecule has 14 heavy (non-hydrogen) atoms. The minimum Gasteiger partial charge on any atom is -0.510 e. The number of rotatable bonds is 2. The zero-order valence-corrected chi connectivity index (χ0v) is 7.57.